The van der Waals surface area contributed by atoms with Crippen LogP contribution in [0.3, 0.4) is 0 Å². The molecule has 3 nitrogen and oxygen atoms in total. The van der Waals surface area contributed by atoms with E-state index in [9.17, 15) is 0 Å². The minimum absolute atomic E-state index is 0.410. The molecule has 2 rings (SSSR count). The Hall–Kier alpha value is -0.120. The van der Waals surface area contributed by atoms with Gasteiger partial charge in [-0.15, -0.1) is 0 Å². The maximum absolute atomic E-state index is 6.30. The molecule has 3 heteroatoms. The van der Waals surface area contributed by atoms with Gasteiger partial charge in [0.2, 0.25) is 0 Å². The fourth-order valence-corrected chi connectivity index (χ4v) is 3.53. The van der Waals surface area contributed by atoms with Gasteiger partial charge in [-0.1, -0.05) is 6.42 Å². The van der Waals surface area contributed by atoms with Crippen LogP contribution in [-0.4, -0.2) is 54.6 Å². The van der Waals surface area contributed by atoms with Crippen LogP contribution < -0.4 is 5.73 Å². The number of nitrogens with zero attached hydrogens (tertiary/aromatic N) is 2. The van der Waals surface area contributed by atoms with Gasteiger partial charge in [-0.25, -0.2) is 0 Å². The van der Waals surface area contributed by atoms with Crippen molar-refractivity contribution in [1.82, 2.24) is 9.80 Å². The molecular formula is C14H29N3. The summed E-state index contributed by atoms with van der Waals surface area (Å²) in [6.45, 7) is 8.31. The minimum atomic E-state index is 0.410. The van der Waals surface area contributed by atoms with Crippen LogP contribution in [0.25, 0.3) is 0 Å². The van der Waals surface area contributed by atoms with Gasteiger partial charge in [0.25, 0.3) is 0 Å². The van der Waals surface area contributed by atoms with Gasteiger partial charge in [0.1, 0.15) is 0 Å². The first-order chi connectivity index (χ1) is 8.08. The highest BCUT2D eigenvalue weighted by atomic mass is 15.2. The number of piperidine rings is 2. The van der Waals surface area contributed by atoms with E-state index in [0.29, 0.717) is 12.0 Å². The first kappa shape index (κ1) is 13.3. The summed E-state index contributed by atoms with van der Waals surface area (Å²) in [6.07, 6.45) is 5.29. The van der Waals surface area contributed by atoms with E-state index in [1.807, 2.05) is 0 Å². The summed E-state index contributed by atoms with van der Waals surface area (Å²) in [5.41, 5.74) is 6.30. The minimum Gasteiger partial charge on any atom is -0.327 e. The molecule has 0 saturated carbocycles. The Bertz CT molecular complexity index is 234. The quantitative estimate of drug-likeness (QED) is 0.793. The van der Waals surface area contributed by atoms with Crippen molar-refractivity contribution < 1.29 is 0 Å². The molecule has 0 spiro atoms. The molecule has 2 heterocycles. The molecule has 2 aliphatic heterocycles. The lowest BCUT2D eigenvalue weighted by atomic mass is 9.89. The van der Waals surface area contributed by atoms with Gasteiger partial charge in [-0.2, -0.15) is 0 Å². The maximum Gasteiger partial charge on any atom is 0.0104 e. The standard InChI is InChI=1S/C14H29N3/c1-11-5-4-6-12(2)17(11)10-13-9-16(3)8-7-14(13)15/h11-14H,4-10,15H2,1-3H3. The van der Waals surface area contributed by atoms with Crippen molar-refractivity contribution >= 4 is 0 Å². The highest BCUT2D eigenvalue weighted by Crippen LogP contribution is 2.25. The molecule has 100 valence electrons. The van der Waals surface area contributed by atoms with E-state index in [4.69, 9.17) is 5.73 Å². The smallest absolute Gasteiger partial charge is 0.0104 e. The Kier molecular flexibility index (Phi) is 4.45. The first-order valence-corrected chi connectivity index (χ1v) is 7.27. The van der Waals surface area contributed by atoms with Crippen molar-refractivity contribution in [3.05, 3.63) is 0 Å². The Morgan fingerprint density at radius 3 is 2.41 bits per heavy atom. The van der Waals surface area contributed by atoms with Crippen LogP contribution in [0.1, 0.15) is 39.5 Å². The van der Waals surface area contributed by atoms with Crippen LogP contribution >= 0.6 is 0 Å². The van der Waals surface area contributed by atoms with Crippen molar-refractivity contribution in [2.75, 3.05) is 26.7 Å². The van der Waals surface area contributed by atoms with Gasteiger partial charge in [-0.3, -0.25) is 4.90 Å². The number of likely N-dealkylation sites (tertiary alicyclic amines) is 2. The molecule has 0 amide bonds. The second kappa shape index (κ2) is 5.68. The van der Waals surface area contributed by atoms with Crippen molar-refractivity contribution in [3.63, 3.8) is 0 Å². The molecule has 0 radical (unpaired) electrons. The van der Waals surface area contributed by atoms with E-state index in [-0.39, 0.29) is 0 Å². The summed E-state index contributed by atoms with van der Waals surface area (Å²) in [7, 11) is 2.22. The number of hydrogen-bond donors (Lipinski definition) is 1. The second-order valence-corrected chi connectivity index (χ2v) is 6.30. The van der Waals surface area contributed by atoms with E-state index >= 15 is 0 Å². The van der Waals surface area contributed by atoms with Gasteiger partial charge in [-0.05, 0) is 52.6 Å². The molecule has 17 heavy (non-hydrogen) atoms. The van der Waals surface area contributed by atoms with Crippen LogP contribution in [0.4, 0.5) is 0 Å². The van der Waals surface area contributed by atoms with Crippen molar-refractivity contribution in [1.29, 1.82) is 0 Å². The van der Waals surface area contributed by atoms with Gasteiger partial charge in [0, 0.05) is 31.2 Å². The molecular weight excluding hydrogens is 210 g/mol. The van der Waals surface area contributed by atoms with Gasteiger partial charge < -0.3 is 10.6 Å². The summed E-state index contributed by atoms with van der Waals surface area (Å²) in [6, 6.07) is 1.91. The highest BCUT2D eigenvalue weighted by Gasteiger charge is 2.31. The van der Waals surface area contributed by atoms with Crippen LogP contribution in [0, 0.1) is 5.92 Å². The van der Waals surface area contributed by atoms with Gasteiger partial charge >= 0.3 is 0 Å². The summed E-state index contributed by atoms with van der Waals surface area (Å²) in [4.78, 5) is 5.14. The number of rotatable bonds is 2. The molecule has 0 aliphatic carbocycles. The van der Waals surface area contributed by atoms with E-state index < -0.39 is 0 Å². The maximum atomic E-state index is 6.30. The molecule has 0 aromatic carbocycles. The average molecular weight is 239 g/mol. The molecule has 0 bridgehead atoms. The molecule has 4 unspecified atom stereocenters. The molecule has 2 fully saturated rings. The monoisotopic (exact) mass is 239 g/mol. The molecule has 2 N–H and O–H groups in total. The largest absolute Gasteiger partial charge is 0.327 e. The Labute approximate surface area is 106 Å². The molecule has 0 aromatic heterocycles. The lowest BCUT2D eigenvalue weighted by Gasteiger charge is -2.44. The van der Waals surface area contributed by atoms with Crippen LogP contribution in [0.5, 0.6) is 0 Å². The number of hydrogen-bond acceptors (Lipinski definition) is 3. The Morgan fingerprint density at radius 2 is 1.76 bits per heavy atom. The van der Waals surface area contributed by atoms with E-state index in [1.54, 1.807) is 0 Å². The lowest BCUT2D eigenvalue weighted by molar-refractivity contribution is 0.0572. The molecule has 4 atom stereocenters. The third-order valence-electron chi connectivity index (χ3n) is 4.82. The summed E-state index contributed by atoms with van der Waals surface area (Å²) >= 11 is 0. The zero-order valence-corrected chi connectivity index (χ0v) is 11.7. The predicted octanol–water partition coefficient (Wildman–Crippen LogP) is 1.53. The third-order valence-corrected chi connectivity index (χ3v) is 4.82. The first-order valence-electron chi connectivity index (χ1n) is 7.27. The molecule has 2 saturated heterocycles. The summed E-state index contributed by atoms with van der Waals surface area (Å²) in [5.74, 6) is 0.664. The third kappa shape index (κ3) is 3.21. The molecule has 2 aliphatic rings. The normalized spacial score (nSPS) is 41.6. The predicted molar refractivity (Wildman–Crippen MR) is 73.1 cm³/mol. The Morgan fingerprint density at radius 1 is 1.12 bits per heavy atom. The molecule has 0 aromatic rings. The Balaban J connectivity index is 1.93. The van der Waals surface area contributed by atoms with Crippen molar-refractivity contribution in [2.24, 2.45) is 11.7 Å². The van der Waals surface area contributed by atoms with Crippen LogP contribution in [0.2, 0.25) is 0 Å². The van der Waals surface area contributed by atoms with Crippen LogP contribution in [0.15, 0.2) is 0 Å². The fraction of sp³-hybridized carbons (Fsp3) is 1.00. The average Bonchev–Trinajstić information content (AvgIpc) is 2.28. The summed E-state index contributed by atoms with van der Waals surface area (Å²) in [5, 5.41) is 0. The number of nitrogens with two attached hydrogens (primary N) is 1. The van der Waals surface area contributed by atoms with Gasteiger partial charge in [0.05, 0.1) is 0 Å². The lowest BCUT2D eigenvalue weighted by Crippen LogP contribution is -2.54. The van der Waals surface area contributed by atoms with E-state index in [2.05, 4.69) is 30.7 Å². The zero-order chi connectivity index (χ0) is 12.4. The fourth-order valence-electron chi connectivity index (χ4n) is 3.53. The van der Waals surface area contributed by atoms with Crippen molar-refractivity contribution in [3.8, 4) is 0 Å². The van der Waals surface area contributed by atoms with Crippen molar-refractivity contribution in [2.45, 2.75) is 57.7 Å². The zero-order valence-electron chi connectivity index (χ0n) is 11.7. The SMILES string of the molecule is CC1CCCC(C)N1CC1CN(C)CCC1N. The topological polar surface area (TPSA) is 32.5 Å². The highest BCUT2D eigenvalue weighted by molar-refractivity contribution is 4.88. The van der Waals surface area contributed by atoms with E-state index in [1.165, 1.54) is 38.9 Å². The van der Waals surface area contributed by atoms with Crippen LogP contribution in [-0.2, 0) is 0 Å². The summed E-state index contributed by atoms with van der Waals surface area (Å²) < 4.78 is 0. The second-order valence-electron chi connectivity index (χ2n) is 6.30. The van der Waals surface area contributed by atoms with E-state index in [0.717, 1.165) is 18.5 Å². The van der Waals surface area contributed by atoms with Gasteiger partial charge in [0.15, 0.2) is 0 Å².